The van der Waals surface area contributed by atoms with E-state index >= 15 is 0 Å². The molecule has 0 saturated heterocycles. The minimum Gasteiger partial charge on any atom is -0.425 e. The normalized spacial score (nSPS) is 9.31. The first kappa shape index (κ1) is 9.41. The second-order valence-electron chi connectivity index (χ2n) is 2.32. The van der Waals surface area contributed by atoms with Gasteiger partial charge in [-0.2, -0.15) is 0 Å². The van der Waals surface area contributed by atoms with Gasteiger partial charge in [0.2, 0.25) is 0 Å². The van der Waals surface area contributed by atoms with Crippen LogP contribution in [0.25, 0.3) is 0 Å². The van der Waals surface area contributed by atoms with Gasteiger partial charge in [-0.05, 0) is 24.3 Å². The topological polar surface area (TPSA) is 63.6 Å². The Hall–Kier alpha value is -1.68. The molecule has 68 valence electrons. The van der Waals surface area contributed by atoms with Gasteiger partial charge in [-0.25, -0.2) is 4.79 Å². The molecule has 0 atom stereocenters. The molecule has 4 nitrogen and oxygen atoms in total. The van der Waals surface area contributed by atoms with Gasteiger partial charge in [-0.1, -0.05) is 0 Å². The van der Waals surface area contributed by atoms with Crippen LogP contribution < -0.4 is 4.74 Å². The van der Waals surface area contributed by atoms with Crippen LogP contribution in [0.1, 0.15) is 10.4 Å². The summed E-state index contributed by atoms with van der Waals surface area (Å²) in [4.78, 5) is 20.8. The van der Waals surface area contributed by atoms with E-state index in [0.29, 0.717) is 17.6 Å². The van der Waals surface area contributed by atoms with Crippen molar-refractivity contribution >= 4 is 12.3 Å². The lowest BCUT2D eigenvalue weighted by Crippen LogP contribution is -2.11. The molecule has 0 amide bonds. The third-order valence-corrected chi connectivity index (χ3v) is 1.38. The van der Waals surface area contributed by atoms with Crippen molar-refractivity contribution < 1.29 is 19.4 Å². The Morgan fingerprint density at radius 2 is 2.00 bits per heavy atom. The van der Waals surface area contributed by atoms with Crippen molar-refractivity contribution in [2.45, 2.75) is 0 Å². The zero-order chi connectivity index (χ0) is 9.68. The molecule has 1 N–H and O–H groups in total. The number of benzene rings is 1. The van der Waals surface area contributed by atoms with Crippen LogP contribution in [0.15, 0.2) is 24.3 Å². The summed E-state index contributed by atoms with van der Waals surface area (Å²) < 4.78 is 4.66. The highest BCUT2D eigenvalue weighted by atomic mass is 16.5. The summed E-state index contributed by atoms with van der Waals surface area (Å²) in [7, 11) is 0. The lowest BCUT2D eigenvalue weighted by molar-refractivity contribution is -0.137. The Balaban J connectivity index is 2.69. The number of hydrogen-bond acceptors (Lipinski definition) is 4. The van der Waals surface area contributed by atoms with Crippen LogP contribution in [-0.4, -0.2) is 24.0 Å². The molecule has 4 heteroatoms. The van der Waals surface area contributed by atoms with Crippen molar-refractivity contribution in [3.63, 3.8) is 0 Å². The maximum atomic E-state index is 10.6. The first-order valence-electron chi connectivity index (χ1n) is 3.63. The lowest BCUT2D eigenvalue weighted by Gasteiger charge is -2.00. The minimum absolute atomic E-state index is 0.310. The number of ether oxygens (including phenoxy) is 1. The van der Waals surface area contributed by atoms with Crippen LogP contribution in [0.3, 0.4) is 0 Å². The molecule has 0 spiro atoms. The van der Waals surface area contributed by atoms with Crippen LogP contribution in [0.4, 0.5) is 0 Å². The Labute approximate surface area is 74.8 Å². The molecule has 1 aromatic carbocycles. The fourth-order valence-electron chi connectivity index (χ4n) is 0.778. The van der Waals surface area contributed by atoms with E-state index in [4.69, 9.17) is 5.11 Å². The Morgan fingerprint density at radius 3 is 2.46 bits per heavy atom. The van der Waals surface area contributed by atoms with Crippen molar-refractivity contribution in [3.8, 4) is 5.75 Å². The van der Waals surface area contributed by atoms with E-state index in [-0.39, 0.29) is 0 Å². The second-order valence-corrected chi connectivity index (χ2v) is 2.32. The smallest absolute Gasteiger partial charge is 0.337 e. The maximum absolute atomic E-state index is 10.6. The second kappa shape index (κ2) is 4.37. The molecular formula is C9H8O4. The van der Waals surface area contributed by atoms with Crippen LogP contribution in [-0.2, 0) is 4.79 Å². The highest BCUT2D eigenvalue weighted by molar-refractivity contribution is 5.76. The Kier molecular flexibility index (Phi) is 3.16. The van der Waals surface area contributed by atoms with Gasteiger partial charge in [-0.3, -0.25) is 4.79 Å². The molecule has 13 heavy (non-hydrogen) atoms. The molecule has 0 heterocycles. The minimum atomic E-state index is -0.723. The predicted molar refractivity (Wildman–Crippen MR) is 44.6 cm³/mol. The third kappa shape index (κ3) is 2.68. The van der Waals surface area contributed by atoms with Crippen molar-refractivity contribution in [1.82, 2.24) is 0 Å². The van der Waals surface area contributed by atoms with Gasteiger partial charge in [0, 0.05) is 5.56 Å². The number of carbonyl (C=O) groups is 2. The summed E-state index contributed by atoms with van der Waals surface area (Å²) in [6, 6.07) is 6.01. The van der Waals surface area contributed by atoms with Gasteiger partial charge in [-0.15, -0.1) is 0 Å². The van der Waals surface area contributed by atoms with Gasteiger partial charge in [0.1, 0.15) is 18.6 Å². The Bertz CT molecular complexity index is 302. The SMILES string of the molecule is O=Cc1ccc(OC(=O)CO)cc1. The number of aliphatic hydroxyl groups excluding tert-OH is 1. The van der Waals surface area contributed by atoms with Crippen LogP contribution in [0.2, 0.25) is 0 Å². The molecule has 0 aliphatic carbocycles. The highest BCUT2D eigenvalue weighted by Crippen LogP contribution is 2.10. The van der Waals surface area contributed by atoms with Crippen LogP contribution >= 0.6 is 0 Å². The standard InChI is InChI=1S/C9H8O4/c10-5-7-1-3-8(4-2-7)13-9(12)6-11/h1-5,11H,6H2. The molecular weight excluding hydrogens is 172 g/mol. The number of hydrogen-bond donors (Lipinski definition) is 1. The summed E-state index contributed by atoms with van der Waals surface area (Å²) >= 11 is 0. The molecule has 1 rings (SSSR count). The number of carbonyl (C=O) groups excluding carboxylic acids is 2. The van der Waals surface area contributed by atoms with E-state index in [1.54, 1.807) is 0 Å². The molecule has 0 aliphatic rings. The third-order valence-electron chi connectivity index (χ3n) is 1.38. The van der Waals surface area contributed by atoms with E-state index in [1.165, 1.54) is 24.3 Å². The quantitative estimate of drug-likeness (QED) is 0.415. The fourth-order valence-corrected chi connectivity index (χ4v) is 0.778. The summed E-state index contributed by atoms with van der Waals surface area (Å²) in [5.41, 5.74) is 0.504. The van der Waals surface area contributed by atoms with Crippen molar-refractivity contribution in [3.05, 3.63) is 29.8 Å². The van der Waals surface area contributed by atoms with E-state index in [0.717, 1.165) is 0 Å². The lowest BCUT2D eigenvalue weighted by atomic mass is 10.2. The maximum Gasteiger partial charge on any atom is 0.337 e. The van der Waals surface area contributed by atoms with Gasteiger partial charge in [0.15, 0.2) is 0 Å². The van der Waals surface area contributed by atoms with E-state index in [2.05, 4.69) is 4.74 Å². The monoisotopic (exact) mass is 180 g/mol. The summed E-state index contributed by atoms with van der Waals surface area (Å²) in [5.74, 6) is -0.413. The van der Waals surface area contributed by atoms with E-state index in [9.17, 15) is 9.59 Å². The average Bonchev–Trinajstić information content (AvgIpc) is 2.19. The van der Waals surface area contributed by atoms with Crippen molar-refractivity contribution in [2.75, 3.05) is 6.61 Å². The summed E-state index contributed by atoms with van der Waals surface area (Å²) in [6.45, 7) is -0.657. The molecule has 0 saturated carbocycles. The van der Waals surface area contributed by atoms with Crippen molar-refractivity contribution in [2.24, 2.45) is 0 Å². The van der Waals surface area contributed by atoms with Gasteiger partial charge < -0.3 is 9.84 Å². The number of rotatable bonds is 3. The molecule has 0 aromatic heterocycles. The van der Waals surface area contributed by atoms with Crippen LogP contribution in [0.5, 0.6) is 5.75 Å². The molecule has 1 aromatic rings. The summed E-state index contributed by atoms with van der Waals surface area (Å²) in [5, 5.41) is 8.37. The Morgan fingerprint density at radius 1 is 1.38 bits per heavy atom. The molecule has 0 radical (unpaired) electrons. The van der Waals surface area contributed by atoms with Gasteiger partial charge in [0.05, 0.1) is 0 Å². The average molecular weight is 180 g/mol. The van der Waals surface area contributed by atoms with Crippen molar-refractivity contribution in [1.29, 1.82) is 0 Å². The summed E-state index contributed by atoms with van der Waals surface area (Å²) in [6.07, 6.45) is 0.692. The largest absolute Gasteiger partial charge is 0.425 e. The number of aliphatic hydroxyl groups is 1. The number of aldehydes is 1. The first-order chi connectivity index (χ1) is 6.26. The predicted octanol–water partition coefficient (Wildman–Crippen LogP) is 0.397. The molecule has 0 bridgehead atoms. The zero-order valence-electron chi connectivity index (χ0n) is 6.77. The van der Waals surface area contributed by atoms with E-state index in [1.807, 2.05) is 0 Å². The zero-order valence-corrected chi connectivity index (χ0v) is 6.77. The first-order valence-corrected chi connectivity index (χ1v) is 3.63. The highest BCUT2D eigenvalue weighted by Gasteiger charge is 2.01. The molecule has 0 aliphatic heterocycles. The van der Waals surface area contributed by atoms with Crippen LogP contribution in [0, 0.1) is 0 Å². The number of esters is 1. The molecule has 0 fully saturated rings. The molecule has 0 unspecified atom stereocenters. The van der Waals surface area contributed by atoms with Gasteiger partial charge >= 0.3 is 5.97 Å². The van der Waals surface area contributed by atoms with Gasteiger partial charge in [0.25, 0.3) is 0 Å². The fraction of sp³-hybridized carbons (Fsp3) is 0.111. The van der Waals surface area contributed by atoms with E-state index < -0.39 is 12.6 Å².